The Kier molecular flexibility index (Phi) is 9.29. The van der Waals surface area contributed by atoms with Gasteiger partial charge in [-0.15, -0.1) is 24.0 Å². The Bertz CT molecular complexity index is 832. The number of aryl methyl sites for hydroxylation is 1. The monoisotopic (exact) mass is 529 g/mol. The number of nitrogens with one attached hydrogen (secondary N) is 2. The summed E-state index contributed by atoms with van der Waals surface area (Å²) in [7, 11) is 1.70. The molecule has 29 heavy (non-hydrogen) atoms. The van der Waals surface area contributed by atoms with Crippen LogP contribution < -0.4 is 20.3 Å². The summed E-state index contributed by atoms with van der Waals surface area (Å²) in [4.78, 5) is 11.4. The topological polar surface area (TPSA) is 61.8 Å². The van der Waals surface area contributed by atoms with Crippen LogP contribution in [0.2, 0.25) is 5.02 Å². The molecule has 1 aromatic heterocycles. The van der Waals surface area contributed by atoms with E-state index in [-0.39, 0.29) is 24.0 Å². The second-order valence-corrected chi connectivity index (χ2v) is 7.29. The van der Waals surface area contributed by atoms with Crippen molar-refractivity contribution in [2.24, 2.45) is 4.99 Å². The fraction of sp³-hybridized carbons (Fsp3) is 0.429. The van der Waals surface area contributed by atoms with Gasteiger partial charge >= 0.3 is 0 Å². The maximum atomic E-state index is 6.29. The molecule has 0 amide bonds. The van der Waals surface area contributed by atoms with Gasteiger partial charge in [0.05, 0.1) is 18.7 Å². The molecule has 0 spiro atoms. The summed E-state index contributed by atoms with van der Waals surface area (Å²) < 4.78 is 5.41. The molecule has 0 radical (unpaired) electrons. The van der Waals surface area contributed by atoms with Gasteiger partial charge in [0.1, 0.15) is 11.6 Å². The first-order chi connectivity index (χ1) is 13.6. The number of methoxy groups -OCH3 is 1. The maximum absolute atomic E-state index is 6.29. The number of nitrogens with zero attached hydrogens (tertiary/aromatic N) is 3. The van der Waals surface area contributed by atoms with Gasteiger partial charge in [-0.3, -0.25) is 0 Å². The number of halogens is 2. The first kappa shape index (κ1) is 23.5. The van der Waals surface area contributed by atoms with Crippen molar-refractivity contribution in [3.63, 3.8) is 0 Å². The Balaban J connectivity index is 0.00000300. The number of pyridine rings is 1. The van der Waals surface area contributed by atoms with E-state index >= 15 is 0 Å². The van der Waals surface area contributed by atoms with Crippen LogP contribution in [0.25, 0.3) is 0 Å². The van der Waals surface area contributed by atoms with Gasteiger partial charge in [-0.1, -0.05) is 23.7 Å². The van der Waals surface area contributed by atoms with Crippen LogP contribution in [0.15, 0.2) is 41.5 Å². The second kappa shape index (κ2) is 11.4. The zero-order valence-electron chi connectivity index (χ0n) is 17.1. The van der Waals surface area contributed by atoms with Crippen LogP contribution in [0.1, 0.15) is 24.5 Å². The lowest BCUT2D eigenvalue weighted by molar-refractivity contribution is 0.411. The lowest BCUT2D eigenvalue weighted by atomic mass is 10.1. The molecular weight excluding hydrogens is 501 g/mol. The molecule has 1 aromatic carbocycles. The summed E-state index contributed by atoms with van der Waals surface area (Å²) in [5.74, 6) is 2.56. The maximum Gasteiger partial charge on any atom is 0.191 e. The molecule has 1 saturated heterocycles. The fourth-order valence-corrected chi connectivity index (χ4v) is 3.57. The smallest absolute Gasteiger partial charge is 0.191 e. The molecule has 1 atom stereocenters. The molecule has 2 N–H and O–H groups in total. The van der Waals surface area contributed by atoms with Crippen molar-refractivity contribution in [1.82, 2.24) is 15.6 Å². The number of anilines is 1. The Hall–Kier alpha value is -1.74. The predicted molar refractivity (Wildman–Crippen MR) is 131 cm³/mol. The molecule has 6 nitrogen and oxygen atoms in total. The van der Waals surface area contributed by atoms with Gasteiger partial charge in [0.2, 0.25) is 0 Å². The normalized spacial score (nSPS) is 16.3. The Morgan fingerprint density at radius 3 is 2.93 bits per heavy atom. The van der Waals surface area contributed by atoms with Crippen molar-refractivity contribution in [3.05, 3.63) is 52.7 Å². The SMILES string of the molecule is CCNC(=NCc1ccc(C)c(OC)c1)NC1CCN(c2ncccc2Cl)C1.I. The van der Waals surface area contributed by atoms with E-state index < -0.39 is 0 Å². The highest BCUT2D eigenvalue weighted by Gasteiger charge is 2.25. The quantitative estimate of drug-likeness (QED) is 0.336. The number of benzene rings is 1. The second-order valence-electron chi connectivity index (χ2n) is 6.88. The largest absolute Gasteiger partial charge is 0.496 e. The van der Waals surface area contributed by atoms with E-state index in [1.807, 2.05) is 25.1 Å². The minimum Gasteiger partial charge on any atom is -0.496 e. The van der Waals surface area contributed by atoms with Crippen molar-refractivity contribution in [1.29, 1.82) is 0 Å². The van der Waals surface area contributed by atoms with Gasteiger partial charge in [0, 0.05) is 31.9 Å². The van der Waals surface area contributed by atoms with Crippen LogP contribution >= 0.6 is 35.6 Å². The first-order valence-electron chi connectivity index (χ1n) is 9.64. The molecule has 1 unspecified atom stereocenters. The first-order valence-corrected chi connectivity index (χ1v) is 10.0. The molecule has 2 heterocycles. The number of ether oxygens (including phenoxy) is 1. The van der Waals surface area contributed by atoms with E-state index in [0.717, 1.165) is 54.7 Å². The summed E-state index contributed by atoms with van der Waals surface area (Å²) in [5.41, 5.74) is 2.24. The van der Waals surface area contributed by atoms with Crippen molar-refractivity contribution >= 4 is 47.4 Å². The van der Waals surface area contributed by atoms with Gasteiger partial charge in [0.15, 0.2) is 5.96 Å². The van der Waals surface area contributed by atoms with Gasteiger partial charge in [-0.25, -0.2) is 9.98 Å². The van der Waals surface area contributed by atoms with Gasteiger partial charge in [0.25, 0.3) is 0 Å². The van der Waals surface area contributed by atoms with E-state index in [1.54, 1.807) is 13.3 Å². The zero-order valence-corrected chi connectivity index (χ0v) is 20.2. The molecule has 158 valence electrons. The molecule has 0 aliphatic carbocycles. The molecule has 1 aliphatic heterocycles. The minimum atomic E-state index is 0. The Morgan fingerprint density at radius 2 is 2.21 bits per heavy atom. The molecule has 8 heteroatoms. The van der Waals surface area contributed by atoms with Gasteiger partial charge < -0.3 is 20.3 Å². The molecular formula is C21H29ClIN5O. The zero-order chi connectivity index (χ0) is 19.9. The molecule has 3 rings (SSSR count). The third-order valence-electron chi connectivity index (χ3n) is 4.80. The Morgan fingerprint density at radius 1 is 1.38 bits per heavy atom. The van der Waals surface area contributed by atoms with Crippen molar-refractivity contribution < 1.29 is 4.74 Å². The van der Waals surface area contributed by atoms with Crippen LogP contribution in [0, 0.1) is 6.92 Å². The van der Waals surface area contributed by atoms with E-state index in [4.69, 9.17) is 21.3 Å². The van der Waals surface area contributed by atoms with Crippen LogP contribution in [0.5, 0.6) is 5.75 Å². The average molecular weight is 530 g/mol. The molecule has 0 bridgehead atoms. The number of hydrogen-bond acceptors (Lipinski definition) is 4. The van der Waals surface area contributed by atoms with Crippen LogP contribution in [0.4, 0.5) is 5.82 Å². The number of guanidine groups is 1. The number of hydrogen-bond donors (Lipinski definition) is 2. The predicted octanol–water partition coefficient (Wildman–Crippen LogP) is 4.00. The minimum absolute atomic E-state index is 0. The molecule has 1 aliphatic rings. The van der Waals surface area contributed by atoms with E-state index in [0.29, 0.717) is 17.6 Å². The molecule has 1 fully saturated rings. The van der Waals surface area contributed by atoms with E-state index in [2.05, 4.69) is 39.6 Å². The number of aromatic nitrogens is 1. The summed E-state index contributed by atoms with van der Waals surface area (Å²) in [5, 5.41) is 7.57. The summed E-state index contributed by atoms with van der Waals surface area (Å²) in [6, 6.07) is 10.2. The van der Waals surface area contributed by atoms with Gasteiger partial charge in [-0.05, 0) is 49.6 Å². The lowest BCUT2D eigenvalue weighted by Gasteiger charge is -2.20. The average Bonchev–Trinajstić information content (AvgIpc) is 3.16. The van der Waals surface area contributed by atoms with E-state index in [1.165, 1.54) is 0 Å². The highest BCUT2D eigenvalue weighted by Crippen LogP contribution is 2.25. The van der Waals surface area contributed by atoms with E-state index in [9.17, 15) is 0 Å². The highest BCUT2D eigenvalue weighted by atomic mass is 127. The summed E-state index contributed by atoms with van der Waals surface area (Å²) in [6.07, 6.45) is 2.79. The van der Waals surface area contributed by atoms with Crippen LogP contribution in [0.3, 0.4) is 0 Å². The third kappa shape index (κ3) is 6.37. The molecule has 0 saturated carbocycles. The lowest BCUT2D eigenvalue weighted by Crippen LogP contribution is -2.44. The third-order valence-corrected chi connectivity index (χ3v) is 5.10. The van der Waals surface area contributed by atoms with Gasteiger partial charge in [-0.2, -0.15) is 0 Å². The van der Waals surface area contributed by atoms with Crippen LogP contribution in [-0.2, 0) is 6.54 Å². The molecule has 2 aromatic rings. The van der Waals surface area contributed by atoms with Crippen molar-refractivity contribution in [2.45, 2.75) is 32.9 Å². The van der Waals surface area contributed by atoms with Crippen molar-refractivity contribution in [3.8, 4) is 5.75 Å². The van der Waals surface area contributed by atoms with Crippen LogP contribution in [-0.4, -0.2) is 43.7 Å². The number of rotatable bonds is 6. The number of aliphatic imine (C=N–C) groups is 1. The standard InChI is InChI=1S/C21H28ClN5O.HI/c1-4-23-21(25-13-16-8-7-15(2)19(12-16)28-3)26-17-9-11-27(14-17)20-18(22)6-5-10-24-20;/h5-8,10,12,17H,4,9,11,13-14H2,1-3H3,(H2,23,25,26);1H. The Labute approximate surface area is 195 Å². The summed E-state index contributed by atoms with van der Waals surface area (Å²) in [6.45, 7) is 7.28. The fourth-order valence-electron chi connectivity index (χ4n) is 3.33. The highest BCUT2D eigenvalue weighted by molar-refractivity contribution is 14.0. The summed E-state index contributed by atoms with van der Waals surface area (Å²) >= 11 is 6.29. The van der Waals surface area contributed by atoms with Crippen molar-refractivity contribution in [2.75, 3.05) is 31.6 Å².